The number of amides is 1. The minimum atomic E-state index is -0.522. The molecule has 7 nitrogen and oxygen atoms in total. The van der Waals surface area contributed by atoms with Crippen LogP contribution in [0.2, 0.25) is 0 Å². The number of oxazole rings is 1. The molecule has 124 valence electrons. The molecule has 0 saturated heterocycles. The molecule has 0 atom stereocenters. The van der Waals surface area contributed by atoms with Gasteiger partial charge in [-0.1, -0.05) is 12.1 Å². The summed E-state index contributed by atoms with van der Waals surface area (Å²) in [5.41, 5.74) is 3.17. The van der Waals surface area contributed by atoms with Crippen molar-refractivity contribution in [3.8, 4) is 0 Å². The Morgan fingerprint density at radius 3 is 2.80 bits per heavy atom. The molecule has 0 radical (unpaired) electrons. The highest BCUT2D eigenvalue weighted by molar-refractivity contribution is 6.04. The van der Waals surface area contributed by atoms with Crippen molar-refractivity contribution in [2.45, 2.75) is 6.54 Å². The molecule has 4 rings (SSSR count). The number of hydrogen-bond donors (Lipinski definition) is 2. The van der Waals surface area contributed by atoms with Crippen LogP contribution in [0.4, 0.5) is 5.69 Å². The van der Waals surface area contributed by atoms with Crippen LogP contribution in [0, 0.1) is 0 Å². The van der Waals surface area contributed by atoms with Gasteiger partial charge >= 0.3 is 5.76 Å². The Morgan fingerprint density at radius 2 is 2.04 bits per heavy atom. The van der Waals surface area contributed by atoms with Gasteiger partial charge in [0.15, 0.2) is 5.58 Å². The first-order valence-corrected chi connectivity index (χ1v) is 7.68. The average Bonchev–Trinajstić information content (AvgIpc) is 3.23. The first-order chi connectivity index (χ1) is 12.2. The zero-order valence-corrected chi connectivity index (χ0v) is 13.1. The van der Waals surface area contributed by atoms with Crippen molar-refractivity contribution in [3.63, 3.8) is 0 Å². The van der Waals surface area contributed by atoms with E-state index in [1.54, 1.807) is 36.5 Å². The van der Waals surface area contributed by atoms with Crippen LogP contribution in [0.15, 0.2) is 70.1 Å². The maximum Gasteiger partial charge on any atom is 0.417 e. The normalized spacial score (nSPS) is 10.9. The van der Waals surface area contributed by atoms with Crippen molar-refractivity contribution in [1.29, 1.82) is 0 Å². The van der Waals surface area contributed by atoms with Gasteiger partial charge in [-0.15, -0.1) is 0 Å². The average molecular weight is 334 g/mol. The number of H-pyrrole nitrogens is 1. The second-order valence-electron chi connectivity index (χ2n) is 5.58. The molecule has 2 aromatic heterocycles. The quantitative estimate of drug-likeness (QED) is 0.600. The Bertz CT molecular complexity index is 1080. The van der Waals surface area contributed by atoms with E-state index in [4.69, 9.17) is 4.42 Å². The lowest BCUT2D eigenvalue weighted by Gasteiger charge is -2.07. The summed E-state index contributed by atoms with van der Waals surface area (Å²) in [4.78, 5) is 26.1. The molecule has 0 fully saturated rings. The van der Waals surface area contributed by atoms with Crippen molar-refractivity contribution in [3.05, 3.63) is 82.6 Å². The highest BCUT2D eigenvalue weighted by atomic mass is 16.4. The number of carbonyl (C=O) groups is 1. The second-order valence-corrected chi connectivity index (χ2v) is 5.58. The zero-order valence-electron chi connectivity index (χ0n) is 13.1. The molecule has 0 aliphatic carbocycles. The van der Waals surface area contributed by atoms with Crippen LogP contribution < -0.4 is 11.1 Å². The first-order valence-electron chi connectivity index (χ1n) is 7.68. The molecule has 0 spiro atoms. The van der Waals surface area contributed by atoms with E-state index in [-0.39, 0.29) is 5.91 Å². The molecule has 0 saturated carbocycles. The van der Waals surface area contributed by atoms with Gasteiger partial charge in [0.25, 0.3) is 5.91 Å². The molecule has 0 aliphatic rings. The lowest BCUT2D eigenvalue weighted by atomic mass is 10.1. The number of aromatic nitrogens is 3. The summed E-state index contributed by atoms with van der Waals surface area (Å²) in [6, 6.07) is 14.2. The Morgan fingerprint density at radius 1 is 1.20 bits per heavy atom. The third-order valence-corrected chi connectivity index (χ3v) is 3.80. The molecule has 25 heavy (non-hydrogen) atoms. The predicted octanol–water partition coefficient (Wildman–Crippen LogP) is 2.62. The van der Waals surface area contributed by atoms with E-state index in [2.05, 4.69) is 15.4 Å². The SMILES string of the molecule is O=C(Nc1ccc2oc(=O)[nH]c2c1)c1ccc(Cn2cccn2)cc1. The number of carbonyl (C=O) groups excluding carboxylic acids is 1. The fourth-order valence-electron chi connectivity index (χ4n) is 2.58. The van der Waals surface area contributed by atoms with Crippen LogP contribution in [0.5, 0.6) is 0 Å². The number of aromatic amines is 1. The van der Waals surface area contributed by atoms with Crippen molar-refractivity contribution >= 4 is 22.7 Å². The van der Waals surface area contributed by atoms with Gasteiger partial charge in [0.1, 0.15) is 0 Å². The number of fused-ring (bicyclic) bond motifs is 1. The molecular formula is C18H14N4O3. The fraction of sp³-hybridized carbons (Fsp3) is 0.0556. The van der Waals surface area contributed by atoms with Crippen LogP contribution in [0.25, 0.3) is 11.1 Å². The molecule has 2 heterocycles. The molecule has 1 amide bonds. The summed E-state index contributed by atoms with van der Waals surface area (Å²) in [6.07, 6.45) is 3.61. The van der Waals surface area contributed by atoms with Crippen molar-refractivity contribution in [2.24, 2.45) is 0 Å². The number of hydrogen-bond acceptors (Lipinski definition) is 4. The van der Waals surface area contributed by atoms with Crippen molar-refractivity contribution < 1.29 is 9.21 Å². The van der Waals surface area contributed by atoms with E-state index in [1.807, 2.05) is 29.1 Å². The Balaban J connectivity index is 1.48. The van der Waals surface area contributed by atoms with Crippen LogP contribution in [-0.4, -0.2) is 20.7 Å². The monoisotopic (exact) mass is 334 g/mol. The maximum atomic E-state index is 12.4. The molecular weight excluding hydrogens is 320 g/mol. The first kappa shape index (κ1) is 14.9. The van der Waals surface area contributed by atoms with Gasteiger partial charge < -0.3 is 9.73 Å². The lowest BCUT2D eigenvalue weighted by Crippen LogP contribution is -2.12. The van der Waals surface area contributed by atoms with Crippen LogP contribution in [0.3, 0.4) is 0 Å². The van der Waals surface area contributed by atoms with E-state index < -0.39 is 5.76 Å². The summed E-state index contributed by atoms with van der Waals surface area (Å²) >= 11 is 0. The van der Waals surface area contributed by atoms with E-state index in [9.17, 15) is 9.59 Å². The lowest BCUT2D eigenvalue weighted by molar-refractivity contribution is 0.102. The second kappa shape index (κ2) is 6.12. The number of benzene rings is 2. The smallest absolute Gasteiger partial charge is 0.408 e. The van der Waals surface area contributed by atoms with Gasteiger partial charge in [0, 0.05) is 23.6 Å². The number of nitrogens with zero attached hydrogens (tertiary/aromatic N) is 2. The number of nitrogens with one attached hydrogen (secondary N) is 2. The number of rotatable bonds is 4. The summed E-state index contributed by atoms with van der Waals surface area (Å²) in [5, 5.41) is 6.96. The zero-order chi connectivity index (χ0) is 17.2. The van der Waals surface area contributed by atoms with Gasteiger partial charge in [0.2, 0.25) is 0 Å². The van der Waals surface area contributed by atoms with Gasteiger partial charge in [-0.2, -0.15) is 5.10 Å². The van der Waals surface area contributed by atoms with Crippen LogP contribution >= 0.6 is 0 Å². The largest absolute Gasteiger partial charge is 0.417 e. The summed E-state index contributed by atoms with van der Waals surface area (Å²) in [7, 11) is 0. The topological polar surface area (TPSA) is 92.9 Å². The molecule has 0 aliphatic heterocycles. The highest BCUT2D eigenvalue weighted by Gasteiger charge is 2.08. The summed E-state index contributed by atoms with van der Waals surface area (Å²) in [5.74, 6) is -0.748. The van der Waals surface area contributed by atoms with E-state index in [0.717, 1.165) is 5.56 Å². The van der Waals surface area contributed by atoms with Crippen molar-refractivity contribution in [1.82, 2.24) is 14.8 Å². The van der Waals surface area contributed by atoms with E-state index in [0.29, 0.717) is 28.9 Å². The van der Waals surface area contributed by atoms with Gasteiger partial charge in [-0.05, 0) is 42.0 Å². The summed E-state index contributed by atoms with van der Waals surface area (Å²) < 4.78 is 6.75. The fourth-order valence-corrected chi connectivity index (χ4v) is 2.58. The van der Waals surface area contributed by atoms with Crippen molar-refractivity contribution in [2.75, 3.05) is 5.32 Å². The minimum absolute atomic E-state index is 0.226. The molecule has 2 N–H and O–H groups in total. The standard InChI is InChI=1S/C18H14N4O3/c23-17(20-14-6-7-16-15(10-14)21-18(24)25-16)13-4-2-12(3-5-13)11-22-9-1-8-19-22/h1-10H,11H2,(H,20,23)(H,21,24). The Kier molecular flexibility index (Phi) is 3.66. The third-order valence-electron chi connectivity index (χ3n) is 3.80. The highest BCUT2D eigenvalue weighted by Crippen LogP contribution is 2.17. The van der Waals surface area contributed by atoms with E-state index >= 15 is 0 Å². The Labute approximate surface area is 141 Å². The summed E-state index contributed by atoms with van der Waals surface area (Å²) in [6.45, 7) is 0.652. The molecule has 2 aromatic carbocycles. The Hall–Kier alpha value is -3.61. The van der Waals surface area contributed by atoms with E-state index in [1.165, 1.54) is 0 Å². The minimum Gasteiger partial charge on any atom is -0.408 e. The van der Waals surface area contributed by atoms with Crippen LogP contribution in [-0.2, 0) is 6.54 Å². The van der Waals surface area contributed by atoms with Gasteiger partial charge in [-0.3, -0.25) is 14.5 Å². The molecule has 0 bridgehead atoms. The molecule has 4 aromatic rings. The molecule has 0 unspecified atom stereocenters. The van der Waals surface area contributed by atoms with Gasteiger partial charge in [-0.25, -0.2) is 4.79 Å². The third kappa shape index (κ3) is 3.20. The maximum absolute atomic E-state index is 12.4. The van der Waals surface area contributed by atoms with Crippen LogP contribution in [0.1, 0.15) is 15.9 Å². The van der Waals surface area contributed by atoms with Gasteiger partial charge in [0.05, 0.1) is 12.1 Å². The number of anilines is 1. The predicted molar refractivity (Wildman–Crippen MR) is 92.6 cm³/mol. The molecule has 7 heteroatoms.